The molecule has 2 amide bonds. The van der Waals surface area contributed by atoms with Crippen LogP contribution in [0.2, 0.25) is 0 Å². The number of amides is 2. The van der Waals surface area contributed by atoms with Crippen molar-refractivity contribution in [2.24, 2.45) is 11.8 Å². The van der Waals surface area contributed by atoms with Crippen molar-refractivity contribution in [2.75, 3.05) is 13.1 Å². The SMILES string of the molecule is O=C(NCc1cccs1)N1[C@@H]2CC[C@H]1[C@H]1CNC[C@H]12. The molecule has 0 aromatic carbocycles. The van der Waals surface area contributed by atoms with Gasteiger partial charge in [-0.3, -0.25) is 0 Å². The van der Waals surface area contributed by atoms with Crippen molar-refractivity contribution in [1.29, 1.82) is 0 Å². The molecule has 3 aliphatic heterocycles. The van der Waals surface area contributed by atoms with E-state index in [-0.39, 0.29) is 6.03 Å². The van der Waals surface area contributed by atoms with Gasteiger partial charge in [0.05, 0.1) is 6.54 Å². The van der Waals surface area contributed by atoms with Gasteiger partial charge in [0.1, 0.15) is 0 Å². The molecule has 0 spiro atoms. The van der Waals surface area contributed by atoms with E-state index in [1.807, 2.05) is 6.07 Å². The van der Waals surface area contributed by atoms with Crippen molar-refractivity contribution >= 4 is 17.4 Å². The Kier molecular flexibility index (Phi) is 2.77. The van der Waals surface area contributed by atoms with E-state index in [2.05, 4.69) is 27.0 Å². The van der Waals surface area contributed by atoms with Crippen LogP contribution >= 0.6 is 11.3 Å². The normalized spacial score (nSPS) is 35.7. The third-order valence-electron chi connectivity index (χ3n) is 5.00. The molecule has 19 heavy (non-hydrogen) atoms. The van der Waals surface area contributed by atoms with Crippen LogP contribution in [0.5, 0.6) is 0 Å². The summed E-state index contributed by atoms with van der Waals surface area (Å²) >= 11 is 1.70. The van der Waals surface area contributed by atoms with Gasteiger partial charge in [-0.1, -0.05) is 6.07 Å². The zero-order valence-corrected chi connectivity index (χ0v) is 11.7. The van der Waals surface area contributed by atoms with Gasteiger partial charge in [-0.2, -0.15) is 0 Å². The van der Waals surface area contributed by atoms with Crippen molar-refractivity contribution in [3.63, 3.8) is 0 Å². The number of urea groups is 1. The summed E-state index contributed by atoms with van der Waals surface area (Å²) in [4.78, 5) is 15.8. The lowest BCUT2D eigenvalue weighted by Gasteiger charge is -2.24. The Balaban J connectivity index is 1.44. The number of nitrogens with one attached hydrogen (secondary N) is 2. The zero-order chi connectivity index (χ0) is 12.8. The number of rotatable bonds is 2. The van der Waals surface area contributed by atoms with Gasteiger partial charge >= 0.3 is 6.03 Å². The first-order valence-electron chi connectivity index (χ1n) is 7.14. The summed E-state index contributed by atoms with van der Waals surface area (Å²) in [5, 5.41) is 8.63. The van der Waals surface area contributed by atoms with E-state index in [4.69, 9.17) is 0 Å². The van der Waals surface area contributed by atoms with Gasteiger partial charge in [-0.05, 0) is 36.1 Å². The molecule has 1 aromatic rings. The van der Waals surface area contributed by atoms with Crippen molar-refractivity contribution in [3.8, 4) is 0 Å². The minimum Gasteiger partial charge on any atom is -0.333 e. The number of hydrogen-bond acceptors (Lipinski definition) is 3. The minimum atomic E-state index is 0.148. The molecule has 1 aromatic heterocycles. The number of thiophene rings is 1. The number of hydrogen-bond donors (Lipinski definition) is 2. The number of carbonyl (C=O) groups excluding carboxylic acids is 1. The van der Waals surface area contributed by atoms with Crippen LogP contribution in [-0.4, -0.2) is 36.1 Å². The van der Waals surface area contributed by atoms with Crippen LogP contribution in [0.25, 0.3) is 0 Å². The van der Waals surface area contributed by atoms with Crippen LogP contribution in [0.4, 0.5) is 4.79 Å². The van der Waals surface area contributed by atoms with Crippen LogP contribution in [0.1, 0.15) is 17.7 Å². The Morgan fingerprint density at radius 2 is 2.11 bits per heavy atom. The van der Waals surface area contributed by atoms with Gasteiger partial charge in [0.25, 0.3) is 0 Å². The number of fused-ring (bicyclic) bond motifs is 5. The molecule has 4 nitrogen and oxygen atoms in total. The molecule has 3 saturated heterocycles. The molecule has 0 saturated carbocycles. The molecular weight excluding hydrogens is 258 g/mol. The van der Waals surface area contributed by atoms with E-state index < -0.39 is 0 Å². The highest BCUT2D eigenvalue weighted by molar-refractivity contribution is 7.09. The fourth-order valence-corrected chi connectivity index (χ4v) is 4.88. The standard InChI is InChI=1S/C14H19N3OS/c18-14(16-6-9-2-1-5-19-9)17-12-3-4-13(17)11-8-15-7-10(11)12/h1-2,5,10-13,15H,3-4,6-8H2,(H,16,18)/t10-,11+,12-,13+. The predicted octanol–water partition coefficient (Wildman–Crippen LogP) is 1.64. The van der Waals surface area contributed by atoms with Gasteiger partial charge in [0.15, 0.2) is 0 Å². The Morgan fingerprint density at radius 3 is 2.74 bits per heavy atom. The third kappa shape index (κ3) is 1.79. The molecule has 0 radical (unpaired) electrons. The maximum absolute atomic E-state index is 12.4. The lowest BCUT2D eigenvalue weighted by molar-refractivity contribution is 0.184. The quantitative estimate of drug-likeness (QED) is 0.863. The van der Waals surface area contributed by atoms with Gasteiger partial charge < -0.3 is 15.5 Å². The highest BCUT2D eigenvalue weighted by atomic mass is 32.1. The summed E-state index contributed by atoms with van der Waals surface area (Å²) in [7, 11) is 0. The Labute approximate surface area is 117 Å². The molecule has 3 aliphatic rings. The maximum Gasteiger partial charge on any atom is 0.318 e. The Hall–Kier alpha value is -1.07. The molecule has 0 unspecified atom stereocenters. The summed E-state index contributed by atoms with van der Waals surface area (Å²) in [6.07, 6.45) is 2.39. The summed E-state index contributed by atoms with van der Waals surface area (Å²) in [6, 6.07) is 5.21. The molecular formula is C14H19N3OS. The van der Waals surface area contributed by atoms with E-state index in [9.17, 15) is 4.79 Å². The van der Waals surface area contributed by atoms with Crippen molar-refractivity contribution < 1.29 is 4.79 Å². The molecule has 3 fully saturated rings. The second kappa shape index (κ2) is 4.49. The molecule has 5 heteroatoms. The molecule has 4 heterocycles. The van der Waals surface area contributed by atoms with Crippen LogP contribution in [0.3, 0.4) is 0 Å². The van der Waals surface area contributed by atoms with E-state index in [1.165, 1.54) is 17.7 Å². The average Bonchev–Trinajstić information content (AvgIpc) is 3.15. The molecule has 4 atom stereocenters. The Morgan fingerprint density at radius 1 is 1.37 bits per heavy atom. The summed E-state index contributed by atoms with van der Waals surface area (Å²) in [5.74, 6) is 1.40. The zero-order valence-electron chi connectivity index (χ0n) is 10.8. The number of carbonyl (C=O) groups is 1. The summed E-state index contributed by atoms with van der Waals surface area (Å²) < 4.78 is 0. The highest BCUT2D eigenvalue weighted by Crippen LogP contribution is 2.47. The van der Waals surface area contributed by atoms with Crippen LogP contribution in [0.15, 0.2) is 17.5 Å². The van der Waals surface area contributed by atoms with Crippen LogP contribution < -0.4 is 10.6 Å². The third-order valence-corrected chi connectivity index (χ3v) is 5.88. The second-order valence-electron chi connectivity index (χ2n) is 5.84. The summed E-state index contributed by atoms with van der Waals surface area (Å²) in [5.41, 5.74) is 0. The van der Waals surface area contributed by atoms with Crippen molar-refractivity contribution in [3.05, 3.63) is 22.4 Å². The van der Waals surface area contributed by atoms with Gasteiger partial charge in [-0.15, -0.1) is 11.3 Å². The molecule has 102 valence electrons. The van der Waals surface area contributed by atoms with Crippen molar-refractivity contribution in [2.45, 2.75) is 31.5 Å². The first-order valence-corrected chi connectivity index (χ1v) is 8.02. The van der Waals surface area contributed by atoms with Gasteiger partial charge in [-0.25, -0.2) is 4.79 Å². The number of nitrogens with zero attached hydrogens (tertiary/aromatic N) is 1. The van der Waals surface area contributed by atoms with Crippen LogP contribution in [-0.2, 0) is 6.54 Å². The fourth-order valence-electron chi connectivity index (χ4n) is 4.24. The molecule has 0 aliphatic carbocycles. The van der Waals surface area contributed by atoms with Gasteiger partial charge in [0.2, 0.25) is 0 Å². The Bertz CT molecular complexity index is 457. The lowest BCUT2D eigenvalue weighted by atomic mass is 9.82. The smallest absolute Gasteiger partial charge is 0.318 e. The summed E-state index contributed by atoms with van der Waals surface area (Å²) in [6.45, 7) is 2.86. The largest absolute Gasteiger partial charge is 0.333 e. The van der Waals surface area contributed by atoms with E-state index in [0.29, 0.717) is 30.5 Å². The average molecular weight is 277 g/mol. The molecule has 2 bridgehead atoms. The highest BCUT2D eigenvalue weighted by Gasteiger charge is 2.56. The topological polar surface area (TPSA) is 44.4 Å². The van der Waals surface area contributed by atoms with E-state index >= 15 is 0 Å². The fraction of sp³-hybridized carbons (Fsp3) is 0.643. The van der Waals surface area contributed by atoms with Crippen LogP contribution in [0, 0.1) is 11.8 Å². The molecule has 2 N–H and O–H groups in total. The van der Waals surface area contributed by atoms with Gasteiger partial charge in [0, 0.05) is 30.1 Å². The first-order chi connectivity index (χ1) is 9.34. The first kappa shape index (κ1) is 11.7. The van der Waals surface area contributed by atoms with Crippen molar-refractivity contribution in [1.82, 2.24) is 15.5 Å². The predicted molar refractivity (Wildman–Crippen MR) is 75.1 cm³/mol. The van der Waals surface area contributed by atoms with E-state index in [1.54, 1.807) is 11.3 Å². The minimum absolute atomic E-state index is 0.148. The lowest BCUT2D eigenvalue weighted by Crippen LogP contribution is -2.45. The second-order valence-corrected chi connectivity index (χ2v) is 6.88. The van der Waals surface area contributed by atoms with E-state index in [0.717, 1.165) is 13.1 Å². The monoisotopic (exact) mass is 277 g/mol. The molecule has 4 rings (SSSR count). The maximum atomic E-state index is 12.4.